The molecule has 0 spiro atoms. The zero-order valence-electron chi connectivity index (χ0n) is 8.15. The van der Waals surface area contributed by atoms with Gasteiger partial charge in [-0.05, 0) is 0 Å². The van der Waals surface area contributed by atoms with Crippen LogP contribution in [-0.4, -0.2) is 44.6 Å². The fourth-order valence-corrected chi connectivity index (χ4v) is 0.835. The molecule has 0 aliphatic carbocycles. The van der Waals surface area contributed by atoms with Crippen LogP contribution in [0.25, 0.3) is 0 Å². The van der Waals surface area contributed by atoms with E-state index >= 15 is 0 Å². The highest BCUT2D eigenvalue weighted by Gasteiger charge is 2.54. The second-order valence-corrected chi connectivity index (χ2v) is 2.68. The molecule has 1 fully saturated rings. The lowest BCUT2D eigenvalue weighted by molar-refractivity contribution is -0.215. The van der Waals surface area contributed by atoms with E-state index in [1.54, 1.807) is 0 Å². The zero-order valence-corrected chi connectivity index (χ0v) is 8.15. The monoisotopic (exact) mass is 256 g/mol. The van der Waals surface area contributed by atoms with Crippen molar-refractivity contribution < 1.29 is 46.3 Å². The standard InChI is InChI=1S/C6H4BF3O7/c1-14-3(11)2(6(8,9)10)15-7-16-4(12)5(13)17-7/h2H,1H3. The van der Waals surface area contributed by atoms with Crippen LogP contribution in [0.15, 0.2) is 0 Å². The van der Waals surface area contributed by atoms with E-state index in [1.165, 1.54) is 0 Å². The summed E-state index contributed by atoms with van der Waals surface area (Å²) in [5.74, 6) is -4.79. The number of methoxy groups -OCH3 is 1. The number of ether oxygens (including phenoxy) is 1. The minimum Gasteiger partial charge on any atom is -0.467 e. The summed E-state index contributed by atoms with van der Waals surface area (Å²) < 4.78 is 52.6. The van der Waals surface area contributed by atoms with Crippen LogP contribution in [0.5, 0.6) is 0 Å². The third kappa shape index (κ3) is 3.09. The van der Waals surface area contributed by atoms with Gasteiger partial charge in [-0.3, -0.25) is 0 Å². The van der Waals surface area contributed by atoms with Crippen LogP contribution in [0.3, 0.4) is 0 Å². The summed E-state index contributed by atoms with van der Waals surface area (Å²) in [6.45, 7) is 0. The summed E-state index contributed by atoms with van der Waals surface area (Å²) in [7, 11) is -1.52. The summed E-state index contributed by atoms with van der Waals surface area (Å²) >= 11 is 0. The molecule has 0 saturated carbocycles. The maximum absolute atomic E-state index is 12.3. The van der Waals surface area contributed by atoms with E-state index in [4.69, 9.17) is 0 Å². The Bertz CT molecular complexity index is 338. The zero-order chi connectivity index (χ0) is 13.2. The SMILES string of the molecule is COC(=O)C(OB1OC(=O)C(=O)O1)C(F)(F)F. The molecule has 0 amide bonds. The first-order valence-corrected chi connectivity index (χ1v) is 3.97. The van der Waals surface area contributed by atoms with Crippen LogP contribution in [-0.2, 0) is 33.1 Å². The average Bonchev–Trinajstić information content (AvgIpc) is 2.52. The fraction of sp³-hybridized carbons (Fsp3) is 0.500. The summed E-state index contributed by atoms with van der Waals surface area (Å²) in [5, 5.41) is 0. The lowest BCUT2D eigenvalue weighted by Gasteiger charge is -2.18. The van der Waals surface area contributed by atoms with Crippen molar-refractivity contribution in [3.05, 3.63) is 0 Å². The molecule has 17 heavy (non-hydrogen) atoms. The van der Waals surface area contributed by atoms with E-state index in [1.807, 2.05) is 0 Å². The van der Waals surface area contributed by atoms with Gasteiger partial charge in [-0.2, -0.15) is 13.2 Å². The summed E-state index contributed by atoms with van der Waals surface area (Å²) in [6, 6.07) is 0. The van der Waals surface area contributed by atoms with E-state index in [-0.39, 0.29) is 0 Å². The van der Waals surface area contributed by atoms with Gasteiger partial charge >= 0.3 is 31.4 Å². The quantitative estimate of drug-likeness (QED) is 0.370. The van der Waals surface area contributed by atoms with Gasteiger partial charge in [0.05, 0.1) is 7.11 Å². The van der Waals surface area contributed by atoms with Crippen molar-refractivity contribution in [2.24, 2.45) is 0 Å². The molecule has 1 aliphatic heterocycles. The fourth-order valence-electron chi connectivity index (χ4n) is 0.835. The highest BCUT2D eigenvalue weighted by Crippen LogP contribution is 2.25. The Kier molecular flexibility index (Phi) is 3.61. The Balaban J connectivity index is 2.72. The van der Waals surface area contributed by atoms with Crippen LogP contribution >= 0.6 is 0 Å². The average molecular weight is 256 g/mol. The number of alkyl halides is 3. The maximum Gasteiger partial charge on any atom is 0.793 e. The van der Waals surface area contributed by atoms with Gasteiger partial charge in [0.15, 0.2) is 0 Å². The lowest BCUT2D eigenvalue weighted by Crippen LogP contribution is -2.44. The molecule has 0 N–H and O–H groups in total. The molecule has 1 unspecified atom stereocenters. The van der Waals surface area contributed by atoms with E-state index in [0.29, 0.717) is 7.11 Å². The molecule has 1 aliphatic rings. The summed E-state index contributed by atoms with van der Waals surface area (Å²) in [4.78, 5) is 31.7. The molecule has 1 heterocycles. The van der Waals surface area contributed by atoms with E-state index < -0.39 is 37.5 Å². The number of carbonyl (C=O) groups excluding carboxylic acids is 3. The topological polar surface area (TPSA) is 88.1 Å². The van der Waals surface area contributed by atoms with Gasteiger partial charge in [0.2, 0.25) is 6.10 Å². The molecule has 7 nitrogen and oxygen atoms in total. The van der Waals surface area contributed by atoms with Crippen LogP contribution in [0.1, 0.15) is 0 Å². The van der Waals surface area contributed by atoms with Gasteiger partial charge in [0.25, 0.3) is 0 Å². The van der Waals surface area contributed by atoms with Crippen molar-refractivity contribution in [3.63, 3.8) is 0 Å². The third-order valence-electron chi connectivity index (χ3n) is 1.53. The van der Waals surface area contributed by atoms with E-state index in [9.17, 15) is 27.6 Å². The van der Waals surface area contributed by atoms with Gasteiger partial charge in [-0.15, -0.1) is 0 Å². The predicted molar refractivity (Wildman–Crippen MR) is 40.9 cm³/mol. The van der Waals surface area contributed by atoms with Crippen LogP contribution in [0.4, 0.5) is 13.2 Å². The Labute approximate surface area is 91.9 Å². The molecule has 0 aromatic heterocycles. The van der Waals surface area contributed by atoms with Gasteiger partial charge in [0, 0.05) is 0 Å². The van der Waals surface area contributed by atoms with Crippen molar-refractivity contribution in [1.82, 2.24) is 0 Å². The first-order chi connectivity index (χ1) is 7.75. The second-order valence-electron chi connectivity index (χ2n) is 2.68. The Morgan fingerprint density at radius 2 is 1.76 bits per heavy atom. The number of rotatable bonds is 3. The van der Waals surface area contributed by atoms with Crippen molar-refractivity contribution >= 4 is 25.2 Å². The minimum absolute atomic E-state index is 0.705. The van der Waals surface area contributed by atoms with E-state index in [0.717, 1.165) is 0 Å². The van der Waals surface area contributed by atoms with Crippen molar-refractivity contribution in [2.45, 2.75) is 12.3 Å². The number of carbonyl (C=O) groups is 3. The van der Waals surface area contributed by atoms with Gasteiger partial charge < -0.3 is 18.7 Å². The molecule has 11 heteroatoms. The number of hydrogen-bond acceptors (Lipinski definition) is 7. The molecule has 0 radical (unpaired) electrons. The van der Waals surface area contributed by atoms with Crippen molar-refractivity contribution in [3.8, 4) is 0 Å². The predicted octanol–water partition coefficient (Wildman–Crippen LogP) is -0.808. The molecule has 0 aromatic rings. The van der Waals surface area contributed by atoms with Crippen LogP contribution < -0.4 is 0 Å². The normalized spacial score (nSPS) is 17.5. The highest BCUT2D eigenvalue weighted by molar-refractivity contribution is 6.55. The molecule has 1 atom stereocenters. The van der Waals surface area contributed by atoms with Crippen molar-refractivity contribution in [2.75, 3.05) is 7.11 Å². The summed E-state index contributed by atoms with van der Waals surface area (Å²) in [6.07, 6.45) is -8.12. The first kappa shape index (κ1) is 13.3. The maximum atomic E-state index is 12.3. The molecule has 0 aromatic carbocycles. The number of esters is 1. The van der Waals surface area contributed by atoms with Crippen LogP contribution in [0.2, 0.25) is 0 Å². The Morgan fingerprint density at radius 1 is 1.29 bits per heavy atom. The van der Waals surface area contributed by atoms with E-state index in [2.05, 4.69) is 18.7 Å². The molecule has 1 rings (SSSR count). The molecule has 94 valence electrons. The number of hydrogen-bond donors (Lipinski definition) is 0. The highest BCUT2D eigenvalue weighted by atomic mass is 19.4. The minimum atomic E-state index is -5.10. The smallest absolute Gasteiger partial charge is 0.467 e. The molecule has 1 saturated heterocycles. The lowest BCUT2D eigenvalue weighted by atomic mass is 10.2. The Morgan fingerprint density at radius 3 is 2.12 bits per heavy atom. The third-order valence-corrected chi connectivity index (χ3v) is 1.53. The van der Waals surface area contributed by atoms with Gasteiger partial charge in [-0.1, -0.05) is 0 Å². The van der Waals surface area contributed by atoms with Crippen LogP contribution in [0, 0.1) is 0 Å². The summed E-state index contributed by atoms with van der Waals surface area (Å²) in [5.41, 5.74) is 0. The first-order valence-electron chi connectivity index (χ1n) is 3.97. The van der Waals surface area contributed by atoms with Gasteiger partial charge in [-0.25, -0.2) is 14.4 Å². The molecular formula is C6H4BF3O7. The number of halogens is 3. The van der Waals surface area contributed by atoms with Gasteiger partial charge in [0.1, 0.15) is 0 Å². The Hall–Kier alpha value is -1.78. The molecule has 0 bridgehead atoms. The molecular weight excluding hydrogens is 252 g/mol. The second kappa shape index (κ2) is 4.61. The van der Waals surface area contributed by atoms with Crippen molar-refractivity contribution in [1.29, 1.82) is 0 Å². The largest absolute Gasteiger partial charge is 0.793 e.